The van der Waals surface area contributed by atoms with Crippen LogP contribution in [0.25, 0.3) is 0 Å². The summed E-state index contributed by atoms with van der Waals surface area (Å²) in [5, 5.41) is 0. The molecule has 0 saturated heterocycles. The molecule has 0 aromatic heterocycles. The fourth-order valence-electron chi connectivity index (χ4n) is 1.75. The van der Waals surface area contributed by atoms with Gasteiger partial charge in [0, 0.05) is 24.1 Å². The van der Waals surface area contributed by atoms with Crippen molar-refractivity contribution in [1.29, 1.82) is 0 Å². The van der Waals surface area contributed by atoms with Crippen LogP contribution in [0.15, 0.2) is 68.4 Å². The average molecular weight is 367 g/mol. The van der Waals surface area contributed by atoms with Crippen molar-refractivity contribution in [3.63, 3.8) is 0 Å². The summed E-state index contributed by atoms with van der Waals surface area (Å²) in [5.74, 6) is 0.401. The lowest BCUT2D eigenvalue weighted by Gasteiger charge is -2.15. The summed E-state index contributed by atoms with van der Waals surface area (Å²) in [4.78, 5) is 1.85. The van der Waals surface area contributed by atoms with Gasteiger partial charge in [-0.2, -0.15) is 8.42 Å². The van der Waals surface area contributed by atoms with E-state index in [9.17, 15) is 8.42 Å². The second-order valence-electron chi connectivity index (χ2n) is 4.60. The molecule has 0 N–H and O–H groups in total. The molecule has 21 heavy (non-hydrogen) atoms. The first kappa shape index (κ1) is 15.7. The van der Waals surface area contributed by atoms with Crippen LogP contribution in [-0.4, -0.2) is 33.2 Å². The normalized spacial score (nSPS) is 12.2. The minimum atomic E-state index is -3.74. The van der Waals surface area contributed by atoms with Gasteiger partial charge in [-0.15, -0.1) is 4.40 Å². The molecule has 0 bridgehead atoms. The highest BCUT2D eigenvalue weighted by Gasteiger charge is 2.16. The molecule has 0 radical (unpaired) electrons. The topological polar surface area (TPSA) is 49.7 Å². The molecule has 0 heterocycles. The van der Waals surface area contributed by atoms with Crippen molar-refractivity contribution in [2.45, 2.75) is 4.90 Å². The molecular weight excluding hydrogens is 352 g/mol. The lowest BCUT2D eigenvalue weighted by molar-refractivity contribution is 0.592. The Labute approximate surface area is 133 Å². The highest BCUT2D eigenvalue weighted by Crippen LogP contribution is 2.18. The summed E-state index contributed by atoms with van der Waals surface area (Å²) in [7, 11) is -0.210. The van der Waals surface area contributed by atoms with Gasteiger partial charge in [0.05, 0.1) is 4.90 Å². The number of benzene rings is 2. The number of rotatable bonds is 3. The van der Waals surface area contributed by atoms with E-state index in [0.717, 1.165) is 10.0 Å². The minimum Gasteiger partial charge on any atom is -0.362 e. The summed E-state index contributed by atoms with van der Waals surface area (Å²) in [5.41, 5.74) is 0.753. The zero-order chi connectivity index (χ0) is 15.5. The summed E-state index contributed by atoms with van der Waals surface area (Å²) in [6, 6.07) is 15.6. The van der Waals surface area contributed by atoms with E-state index in [0.29, 0.717) is 5.84 Å². The van der Waals surface area contributed by atoms with Crippen molar-refractivity contribution in [1.82, 2.24) is 4.90 Å². The van der Waals surface area contributed by atoms with Crippen molar-refractivity contribution in [2.75, 3.05) is 14.1 Å². The Hall–Kier alpha value is -1.66. The van der Waals surface area contributed by atoms with Crippen LogP contribution in [0.4, 0.5) is 0 Å². The van der Waals surface area contributed by atoms with E-state index in [4.69, 9.17) is 0 Å². The summed E-state index contributed by atoms with van der Waals surface area (Å²) >= 11 is 3.28. The standard InChI is InChI=1S/C15H15BrN2O2S/c1-18(2)15(12-6-4-3-5-7-12)17-21(19,20)14-10-8-13(16)9-11-14/h3-11H,1-2H3/b17-15+. The Morgan fingerprint density at radius 3 is 2.10 bits per heavy atom. The summed E-state index contributed by atoms with van der Waals surface area (Å²) in [6.45, 7) is 0. The van der Waals surface area contributed by atoms with Crippen molar-refractivity contribution in [3.05, 3.63) is 64.6 Å². The summed E-state index contributed by atoms with van der Waals surface area (Å²) < 4.78 is 29.6. The number of nitrogens with zero attached hydrogens (tertiary/aromatic N) is 2. The van der Waals surface area contributed by atoms with Crippen LogP contribution in [0.2, 0.25) is 0 Å². The highest BCUT2D eigenvalue weighted by atomic mass is 79.9. The van der Waals surface area contributed by atoms with Crippen molar-refractivity contribution in [2.24, 2.45) is 4.40 Å². The minimum absolute atomic E-state index is 0.168. The molecular formula is C15H15BrN2O2S. The van der Waals surface area contributed by atoms with E-state index in [1.165, 1.54) is 12.1 Å². The number of halogens is 1. The third-order valence-corrected chi connectivity index (χ3v) is 4.58. The molecule has 0 aliphatic heterocycles. The molecule has 0 saturated carbocycles. The zero-order valence-corrected chi connectivity index (χ0v) is 14.1. The maximum absolute atomic E-state index is 12.4. The average Bonchev–Trinajstić information content (AvgIpc) is 2.46. The quantitative estimate of drug-likeness (QED) is 0.619. The smallest absolute Gasteiger partial charge is 0.284 e. The van der Waals surface area contributed by atoms with Crippen molar-refractivity contribution in [3.8, 4) is 0 Å². The van der Waals surface area contributed by atoms with Crippen LogP contribution in [0.5, 0.6) is 0 Å². The SMILES string of the molecule is CN(C)/C(=N/S(=O)(=O)c1ccc(Br)cc1)c1ccccc1. The Bertz CT molecular complexity index is 739. The summed E-state index contributed by atoms with van der Waals surface area (Å²) in [6.07, 6.45) is 0. The molecule has 4 nitrogen and oxygen atoms in total. The first-order chi connectivity index (χ1) is 9.90. The van der Waals surface area contributed by atoms with Gasteiger partial charge in [0.25, 0.3) is 10.0 Å². The van der Waals surface area contributed by atoms with Gasteiger partial charge in [-0.05, 0) is 24.3 Å². The van der Waals surface area contributed by atoms with Gasteiger partial charge in [0.1, 0.15) is 5.84 Å². The van der Waals surface area contributed by atoms with Crippen LogP contribution >= 0.6 is 15.9 Å². The zero-order valence-electron chi connectivity index (χ0n) is 11.7. The molecule has 2 aromatic rings. The molecule has 0 unspecified atom stereocenters. The lowest BCUT2D eigenvalue weighted by Crippen LogP contribution is -2.24. The Balaban J connectivity index is 2.49. The highest BCUT2D eigenvalue weighted by molar-refractivity contribution is 9.10. The van der Waals surface area contributed by atoms with Crippen LogP contribution in [-0.2, 0) is 10.0 Å². The fourth-order valence-corrected chi connectivity index (χ4v) is 3.10. The van der Waals surface area contributed by atoms with E-state index in [1.807, 2.05) is 30.3 Å². The molecule has 2 rings (SSSR count). The molecule has 0 amide bonds. The van der Waals surface area contributed by atoms with Gasteiger partial charge in [0.2, 0.25) is 0 Å². The Morgan fingerprint density at radius 2 is 1.57 bits per heavy atom. The van der Waals surface area contributed by atoms with Gasteiger partial charge < -0.3 is 4.90 Å². The van der Waals surface area contributed by atoms with Crippen molar-refractivity contribution >= 4 is 31.8 Å². The predicted molar refractivity (Wildman–Crippen MR) is 88.0 cm³/mol. The first-order valence-electron chi connectivity index (χ1n) is 6.23. The van der Waals surface area contributed by atoms with E-state index in [1.54, 1.807) is 31.1 Å². The molecule has 0 aliphatic rings. The van der Waals surface area contributed by atoms with Gasteiger partial charge in [0.15, 0.2) is 0 Å². The number of sulfonamides is 1. The third kappa shape index (κ3) is 3.92. The maximum Gasteiger partial charge on any atom is 0.284 e. The van der Waals surface area contributed by atoms with Gasteiger partial charge in [-0.3, -0.25) is 0 Å². The van der Waals surface area contributed by atoms with Crippen LogP contribution in [0.1, 0.15) is 5.56 Å². The number of hydrogen-bond acceptors (Lipinski definition) is 2. The second kappa shape index (κ2) is 6.41. The molecule has 0 spiro atoms. The molecule has 110 valence electrons. The molecule has 2 aromatic carbocycles. The second-order valence-corrected chi connectivity index (χ2v) is 7.12. The number of amidine groups is 1. The van der Waals surface area contributed by atoms with E-state index < -0.39 is 10.0 Å². The first-order valence-corrected chi connectivity index (χ1v) is 8.47. The fraction of sp³-hybridized carbons (Fsp3) is 0.133. The lowest BCUT2D eigenvalue weighted by atomic mass is 10.2. The van der Waals surface area contributed by atoms with Crippen molar-refractivity contribution < 1.29 is 8.42 Å². The molecule has 0 atom stereocenters. The van der Waals surface area contributed by atoms with Gasteiger partial charge >= 0.3 is 0 Å². The monoisotopic (exact) mass is 366 g/mol. The van der Waals surface area contributed by atoms with E-state index >= 15 is 0 Å². The molecule has 0 fully saturated rings. The van der Waals surface area contributed by atoms with Crippen LogP contribution < -0.4 is 0 Å². The number of hydrogen-bond donors (Lipinski definition) is 0. The van der Waals surface area contributed by atoms with Crippen LogP contribution in [0.3, 0.4) is 0 Å². The molecule has 6 heteroatoms. The third-order valence-electron chi connectivity index (χ3n) is 2.77. The van der Waals surface area contributed by atoms with E-state index in [-0.39, 0.29) is 4.90 Å². The largest absolute Gasteiger partial charge is 0.362 e. The van der Waals surface area contributed by atoms with Gasteiger partial charge in [-0.1, -0.05) is 46.3 Å². The molecule has 0 aliphatic carbocycles. The van der Waals surface area contributed by atoms with E-state index in [2.05, 4.69) is 20.3 Å². The van der Waals surface area contributed by atoms with Crippen LogP contribution in [0, 0.1) is 0 Å². The Morgan fingerprint density at radius 1 is 1.00 bits per heavy atom. The Kier molecular flexibility index (Phi) is 4.80. The maximum atomic E-state index is 12.4. The van der Waals surface area contributed by atoms with Gasteiger partial charge in [-0.25, -0.2) is 0 Å². The predicted octanol–water partition coefficient (Wildman–Crippen LogP) is 3.15.